The van der Waals surface area contributed by atoms with Gasteiger partial charge in [-0.25, -0.2) is 10.0 Å². The van der Waals surface area contributed by atoms with Crippen LogP contribution in [0.3, 0.4) is 0 Å². The molecule has 0 saturated carbocycles. The number of hydroxylamine groups is 3. The molecule has 2 aromatic rings. The van der Waals surface area contributed by atoms with Gasteiger partial charge in [0, 0.05) is 24.3 Å². The molecule has 0 fully saturated rings. The topological polar surface area (TPSA) is 92.2 Å². The minimum atomic E-state index is -0.651. The van der Waals surface area contributed by atoms with E-state index in [0.717, 1.165) is 18.5 Å². The average molecular weight is 371 g/mol. The lowest BCUT2D eigenvalue weighted by Crippen LogP contribution is -2.41. The molecule has 2 amide bonds. The Labute approximate surface area is 159 Å². The van der Waals surface area contributed by atoms with Crippen LogP contribution in [-0.4, -0.2) is 45.7 Å². The lowest BCUT2D eigenvalue weighted by molar-refractivity contribution is -1.01. The quantitative estimate of drug-likeness (QED) is 0.306. The molecular weight excluding hydrogens is 344 g/mol. The molecule has 1 atom stereocenters. The van der Waals surface area contributed by atoms with Crippen LogP contribution in [0.25, 0.3) is 0 Å². The fourth-order valence-corrected chi connectivity index (χ4v) is 2.73. The van der Waals surface area contributed by atoms with Gasteiger partial charge in [-0.3, -0.25) is 14.8 Å². The summed E-state index contributed by atoms with van der Waals surface area (Å²) in [5.41, 5.74) is 1.38. The largest absolute Gasteiger partial charge is 0.345 e. The van der Waals surface area contributed by atoms with Crippen molar-refractivity contribution in [2.24, 2.45) is 0 Å². The second-order valence-corrected chi connectivity index (χ2v) is 6.93. The zero-order valence-electron chi connectivity index (χ0n) is 15.8. The summed E-state index contributed by atoms with van der Waals surface area (Å²) < 4.78 is -0.651. The van der Waals surface area contributed by atoms with Gasteiger partial charge in [0.25, 0.3) is 0 Å². The molecule has 7 heteroatoms. The van der Waals surface area contributed by atoms with Gasteiger partial charge < -0.3 is 5.32 Å². The molecule has 27 heavy (non-hydrogen) atoms. The minimum Gasteiger partial charge on any atom is -0.326 e. The molecule has 0 radical (unpaired) electrons. The number of quaternary nitrogens is 1. The lowest BCUT2D eigenvalue weighted by atomic mass is 9.96. The summed E-state index contributed by atoms with van der Waals surface area (Å²) in [6.07, 6.45) is 7.95. The molecule has 0 spiro atoms. The van der Waals surface area contributed by atoms with Crippen LogP contribution in [0.1, 0.15) is 43.7 Å². The van der Waals surface area contributed by atoms with E-state index in [1.165, 1.54) is 14.1 Å². The number of nitrogens with one attached hydrogen (secondary N) is 1. The van der Waals surface area contributed by atoms with Crippen LogP contribution in [-0.2, 0) is 9.59 Å². The SMILES string of the molecule is C[N+](C)(O)C(=O)CCCCCC(C(=O)Nc1ccccc1)c1cnccn1. The molecule has 2 N–H and O–H groups in total. The smallest absolute Gasteiger partial charge is 0.326 e. The predicted octanol–water partition coefficient (Wildman–Crippen LogP) is 3.14. The van der Waals surface area contributed by atoms with Crippen LogP contribution < -0.4 is 5.32 Å². The van der Waals surface area contributed by atoms with Crippen molar-refractivity contribution in [2.75, 3.05) is 19.4 Å². The van der Waals surface area contributed by atoms with E-state index in [2.05, 4.69) is 15.3 Å². The molecule has 0 saturated heterocycles. The first-order valence-corrected chi connectivity index (χ1v) is 9.10. The van der Waals surface area contributed by atoms with Crippen molar-refractivity contribution in [1.82, 2.24) is 9.97 Å². The van der Waals surface area contributed by atoms with Crippen molar-refractivity contribution in [3.8, 4) is 0 Å². The third-order valence-electron chi connectivity index (χ3n) is 4.29. The van der Waals surface area contributed by atoms with Gasteiger partial charge in [0.15, 0.2) is 0 Å². The second-order valence-electron chi connectivity index (χ2n) is 6.93. The van der Waals surface area contributed by atoms with Gasteiger partial charge in [0.2, 0.25) is 5.91 Å². The average Bonchev–Trinajstić information content (AvgIpc) is 2.65. The first kappa shape index (κ1) is 20.7. The molecule has 1 heterocycles. The first-order valence-electron chi connectivity index (χ1n) is 9.10. The number of rotatable bonds is 9. The zero-order chi connectivity index (χ0) is 19.7. The number of aromatic nitrogens is 2. The molecular formula is C20H27N4O3+. The van der Waals surface area contributed by atoms with Crippen LogP contribution >= 0.6 is 0 Å². The number of benzene rings is 1. The number of carbonyl (C=O) groups is 2. The molecule has 0 aliphatic rings. The summed E-state index contributed by atoms with van der Waals surface area (Å²) in [6.45, 7) is 0. The Hall–Kier alpha value is -2.64. The molecule has 0 aliphatic heterocycles. The number of hydrogen-bond acceptors (Lipinski definition) is 5. The number of para-hydroxylation sites is 1. The van der Waals surface area contributed by atoms with Crippen LogP contribution in [0, 0.1) is 0 Å². The van der Waals surface area contributed by atoms with Crippen molar-refractivity contribution in [3.63, 3.8) is 0 Å². The summed E-state index contributed by atoms with van der Waals surface area (Å²) >= 11 is 0. The maximum absolute atomic E-state index is 12.7. The van der Waals surface area contributed by atoms with Gasteiger partial charge in [0.05, 0.1) is 18.0 Å². The van der Waals surface area contributed by atoms with Crippen molar-refractivity contribution in [1.29, 1.82) is 0 Å². The third kappa shape index (κ3) is 6.88. The highest BCUT2D eigenvalue weighted by Gasteiger charge is 2.24. The van der Waals surface area contributed by atoms with Gasteiger partial charge in [-0.15, -0.1) is 4.65 Å². The van der Waals surface area contributed by atoms with Crippen LogP contribution in [0.2, 0.25) is 0 Å². The first-order chi connectivity index (χ1) is 12.9. The summed E-state index contributed by atoms with van der Waals surface area (Å²) in [7, 11) is 2.89. The van der Waals surface area contributed by atoms with Crippen LogP contribution in [0.4, 0.5) is 5.69 Å². The van der Waals surface area contributed by atoms with E-state index < -0.39 is 10.6 Å². The van der Waals surface area contributed by atoms with Crippen molar-refractivity contribution in [3.05, 3.63) is 54.6 Å². The summed E-state index contributed by atoms with van der Waals surface area (Å²) in [6, 6.07) is 9.30. The maximum atomic E-state index is 12.7. The zero-order valence-corrected chi connectivity index (χ0v) is 15.8. The van der Waals surface area contributed by atoms with Crippen LogP contribution in [0.15, 0.2) is 48.9 Å². The molecule has 0 aliphatic carbocycles. The highest BCUT2D eigenvalue weighted by atomic mass is 16.6. The Morgan fingerprint density at radius 2 is 1.85 bits per heavy atom. The minimum absolute atomic E-state index is 0.120. The van der Waals surface area contributed by atoms with E-state index in [1.54, 1.807) is 18.6 Å². The number of carbonyl (C=O) groups excluding carboxylic acids is 2. The normalized spacial score (nSPS) is 12.4. The lowest BCUT2D eigenvalue weighted by Gasteiger charge is -2.17. The van der Waals surface area contributed by atoms with Gasteiger partial charge >= 0.3 is 5.91 Å². The molecule has 144 valence electrons. The monoisotopic (exact) mass is 371 g/mol. The van der Waals surface area contributed by atoms with Crippen molar-refractivity contribution in [2.45, 2.75) is 38.0 Å². The van der Waals surface area contributed by atoms with Crippen molar-refractivity contribution >= 4 is 17.5 Å². The molecule has 1 aromatic heterocycles. The molecule has 1 unspecified atom stereocenters. The van der Waals surface area contributed by atoms with E-state index in [1.807, 2.05) is 30.3 Å². The summed E-state index contributed by atoms with van der Waals surface area (Å²) in [5.74, 6) is -0.743. The summed E-state index contributed by atoms with van der Waals surface area (Å²) in [5, 5.41) is 12.5. The van der Waals surface area contributed by atoms with Gasteiger partial charge in [0.1, 0.15) is 14.1 Å². The highest BCUT2D eigenvalue weighted by molar-refractivity contribution is 5.95. The number of amides is 2. The van der Waals surface area contributed by atoms with Gasteiger partial charge in [-0.1, -0.05) is 31.0 Å². The van der Waals surface area contributed by atoms with E-state index >= 15 is 0 Å². The van der Waals surface area contributed by atoms with Crippen molar-refractivity contribution < 1.29 is 19.4 Å². The highest BCUT2D eigenvalue weighted by Crippen LogP contribution is 2.23. The van der Waals surface area contributed by atoms with E-state index in [4.69, 9.17) is 0 Å². The Balaban J connectivity index is 1.91. The Bertz CT molecular complexity index is 730. The fourth-order valence-electron chi connectivity index (χ4n) is 2.73. The van der Waals surface area contributed by atoms with Crippen LogP contribution in [0.5, 0.6) is 0 Å². The Morgan fingerprint density at radius 1 is 1.11 bits per heavy atom. The standard InChI is InChI=1S/C20H26N4O3/c1-24(2,27)19(25)12-8-4-7-11-17(18-15-21-13-14-22-18)20(26)23-16-9-5-3-6-10-16/h3,5-6,9-10,13-15,17,27H,4,7-8,11-12H2,1-2H3/p+1. The second kappa shape index (κ2) is 9.89. The predicted molar refractivity (Wildman–Crippen MR) is 102 cm³/mol. The van der Waals surface area contributed by atoms with Gasteiger partial charge in [-0.2, -0.15) is 0 Å². The number of anilines is 1. The van der Waals surface area contributed by atoms with Gasteiger partial charge in [-0.05, 0) is 25.0 Å². The molecule has 1 aromatic carbocycles. The molecule has 2 rings (SSSR count). The number of hydrogen-bond donors (Lipinski definition) is 2. The maximum Gasteiger partial charge on any atom is 0.345 e. The molecule has 0 bridgehead atoms. The number of unbranched alkanes of at least 4 members (excludes halogenated alkanes) is 2. The van der Waals surface area contributed by atoms with E-state index in [9.17, 15) is 14.8 Å². The third-order valence-corrected chi connectivity index (χ3v) is 4.29. The Kier molecular flexibility index (Phi) is 7.57. The van der Waals surface area contributed by atoms with E-state index in [0.29, 0.717) is 25.0 Å². The summed E-state index contributed by atoms with van der Waals surface area (Å²) in [4.78, 5) is 32.8. The van der Waals surface area contributed by atoms with E-state index in [-0.39, 0.29) is 11.8 Å². The fraction of sp³-hybridized carbons (Fsp3) is 0.400. The number of nitrogens with zero attached hydrogens (tertiary/aromatic N) is 3. The molecule has 7 nitrogen and oxygen atoms in total. The Morgan fingerprint density at radius 3 is 2.48 bits per heavy atom.